The first-order valence-corrected chi connectivity index (χ1v) is 15.6. The van der Waals surface area contributed by atoms with E-state index in [1.54, 1.807) is 0 Å². The molecule has 0 radical (unpaired) electrons. The SMILES string of the molecule is CC1CCC2CC1(C(O)(CO)C(O)(C13CC(CCC1C)C3(C)C)C13CC(CCC1C)C3(C)C)C2(C)C. The van der Waals surface area contributed by atoms with Crippen LogP contribution in [0.15, 0.2) is 0 Å². The summed E-state index contributed by atoms with van der Waals surface area (Å²) in [6.07, 6.45) is 9.97. The lowest BCUT2D eigenvalue weighted by atomic mass is 9.18. The molecule has 9 fully saturated rings. The predicted molar refractivity (Wildman–Crippen MR) is 145 cm³/mol. The van der Waals surface area contributed by atoms with Gasteiger partial charge in [-0.1, -0.05) is 62.3 Å². The highest BCUT2D eigenvalue weighted by Gasteiger charge is 2.91. The van der Waals surface area contributed by atoms with E-state index in [9.17, 15) is 15.3 Å². The molecule has 9 saturated carbocycles. The van der Waals surface area contributed by atoms with E-state index >= 15 is 0 Å². The van der Waals surface area contributed by atoms with Crippen LogP contribution in [0.1, 0.15) is 120 Å². The molecule has 9 aliphatic rings. The van der Waals surface area contributed by atoms with Gasteiger partial charge in [0.25, 0.3) is 0 Å². The monoisotopic (exact) mass is 500 g/mol. The van der Waals surface area contributed by atoms with E-state index in [4.69, 9.17) is 0 Å². The quantitative estimate of drug-likeness (QED) is 0.388. The lowest BCUT2D eigenvalue weighted by Crippen LogP contribution is -2.93. The van der Waals surface area contributed by atoms with Gasteiger partial charge in [0.05, 0.1) is 6.61 Å². The molecule has 0 heterocycles. The zero-order chi connectivity index (χ0) is 26.5. The molecule has 10 unspecified atom stereocenters. The van der Waals surface area contributed by atoms with Crippen LogP contribution in [0, 0.1) is 68.0 Å². The number of aliphatic hydroxyl groups excluding tert-OH is 1. The predicted octanol–water partition coefficient (Wildman–Crippen LogP) is 6.83. The number of hydrogen-bond acceptors (Lipinski definition) is 3. The Balaban J connectivity index is 1.68. The van der Waals surface area contributed by atoms with Gasteiger partial charge in [-0.3, -0.25) is 0 Å². The Morgan fingerprint density at radius 1 is 0.556 bits per heavy atom. The molecule has 3 N–H and O–H groups in total. The Labute approximate surface area is 221 Å². The topological polar surface area (TPSA) is 60.7 Å². The van der Waals surface area contributed by atoms with Crippen LogP contribution in [-0.4, -0.2) is 33.1 Å². The highest BCUT2D eigenvalue weighted by Crippen LogP contribution is 2.88. The molecule has 0 saturated heterocycles. The van der Waals surface area contributed by atoms with Crippen LogP contribution in [-0.2, 0) is 0 Å². The van der Waals surface area contributed by atoms with E-state index in [1.165, 1.54) is 19.3 Å². The zero-order valence-corrected chi connectivity index (χ0v) is 24.9. The van der Waals surface area contributed by atoms with Gasteiger partial charge in [0.2, 0.25) is 0 Å². The summed E-state index contributed by atoms with van der Waals surface area (Å²) in [6, 6.07) is 0. The van der Waals surface area contributed by atoms with E-state index in [2.05, 4.69) is 62.3 Å². The van der Waals surface area contributed by atoms with Crippen molar-refractivity contribution >= 4 is 0 Å². The van der Waals surface area contributed by atoms with E-state index < -0.39 is 16.6 Å². The first-order valence-electron chi connectivity index (χ1n) is 15.6. The third kappa shape index (κ3) is 2.11. The van der Waals surface area contributed by atoms with Crippen molar-refractivity contribution in [1.29, 1.82) is 0 Å². The van der Waals surface area contributed by atoms with E-state index in [1.807, 2.05) is 0 Å². The summed E-state index contributed by atoms with van der Waals surface area (Å²) in [5.41, 5.74) is -4.32. The molecule has 3 heteroatoms. The second-order valence-corrected chi connectivity index (χ2v) is 16.9. The number of fused-ring (bicyclic) bond motifs is 6. The van der Waals surface area contributed by atoms with Crippen LogP contribution >= 0.6 is 0 Å². The van der Waals surface area contributed by atoms with Gasteiger partial charge in [0, 0.05) is 16.2 Å². The lowest BCUT2D eigenvalue weighted by Gasteiger charge is -2.88. The third-order valence-electron chi connectivity index (χ3n) is 16.4. The van der Waals surface area contributed by atoms with Gasteiger partial charge in [-0.25, -0.2) is 0 Å². The van der Waals surface area contributed by atoms with Gasteiger partial charge in [0.1, 0.15) is 11.2 Å². The summed E-state index contributed by atoms with van der Waals surface area (Å²) in [7, 11) is 0. The van der Waals surface area contributed by atoms with Gasteiger partial charge < -0.3 is 15.3 Å². The maximum absolute atomic E-state index is 14.3. The van der Waals surface area contributed by atoms with Gasteiger partial charge in [-0.2, -0.15) is 0 Å². The minimum absolute atomic E-state index is 0.0580. The lowest BCUT2D eigenvalue weighted by molar-refractivity contribution is -0.467. The molecule has 9 rings (SSSR count). The first-order chi connectivity index (χ1) is 16.5. The first kappa shape index (κ1) is 26.1. The minimum atomic E-state index is -1.53. The van der Waals surface area contributed by atoms with Crippen molar-refractivity contribution in [1.82, 2.24) is 0 Å². The summed E-state index contributed by atoms with van der Waals surface area (Å²) in [6.45, 7) is 21.1. The molecule has 3 nitrogen and oxygen atoms in total. The largest absolute Gasteiger partial charge is 0.393 e. The van der Waals surface area contributed by atoms with Crippen molar-refractivity contribution in [3.05, 3.63) is 0 Å². The molecular weight excluding hydrogens is 444 g/mol. The van der Waals surface area contributed by atoms with Crippen molar-refractivity contribution < 1.29 is 15.3 Å². The van der Waals surface area contributed by atoms with Gasteiger partial charge >= 0.3 is 0 Å². The van der Waals surface area contributed by atoms with Crippen LogP contribution in [0.2, 0.25) is 0 Å². The Morgan fingerprint density at radius 2 is 0.861 bits per heavy atom. The normalized spacial score (nSPS) is 54.7. The summed E-state index contributed by atoms with van der Waals surface area (Å²) < 4.78 is 0. The van der Waals surface area contributed by atoms with E-state index in [-0.39, 0.29) is 39.6 Å². The van der Waals surface area contributed by atoms with E-state index in [0.717, 1.165) is 38.5 Å². The molecule has 0 amide bonds. The molecular formula is C33H56O3. The standard InChI is InChI=1S/C33H56O3/c1-20-10-13-23-16-29(20,26(23,4)5)32(35,19-34)33(36,30-17-24(27(30,6)7)14-11-21(30)2)31-18-25(28(31,8)9)15-12-22(31)3/h20-25,34-36H,10-19H2,1-9H3. The third-order valence-corrected chi connectivity index (χ3v) is 16.4. The summed E-state index contributed by atoms with van der Waals surface area (Å²) in [5.74, 6) is 2.70. The smallest absolute Gasteiger partial charge is 0.124 e. The molecule has 0 spiro atoms. The van der Waals surface area contributed by atoms with Gasteiger partial charge in [0.15, 0.2) is 0 Å². The van der Waals surface area contributed by atoms with E-state index in [0.29, 0.717) is 29.6 Å². The molecule has 6 bridgehead atoms. The number of hydrogen-bond donors (Lipinski definition) is 3. The maximum atomic E-state index is 14.3. The zero-order valence-electron chi connectivity index (χ0n) is 24.9. The second-order valence-electron chi connectivity index (χ2n) is 16.9. The maximum Gasteiger partial charge on any atom is 0.124 e. The summed E-state index contributed by atoms with van der Waals surface area (Å²) in [5, 5.41) is 39.6. The fourth-order valence-electron chi connectivity index (χ4n) is 14.2. The summed E-state index contributed by atoms with van der Waals surface area (Å²) in [4.78, 5) is 0. The Kier molecular flexibility index (Phi) is 5.05. The molecule has 0 aromatic rings. The fourth-order valence-corrected chi connectivity index (χ4v) is 14.2. The Bertz CT molecular complexity index is 907. The molecule has 0 aromatic heterocycles. The molecule has 36 heavy (non-hydrogen) atoms. The average Bonchev–Trinajstić information content (AvgIpc) is 2.82. The van der Waals surface area contributed by atoms with Crippen molar-refractivity contribution in [2.24, 2.45) is 68.0 Å². The Morgan fingerprint density at radius 3 is 1.11 bits per heavy atom. The van der Waals surface area contributed by atoms with Gasteiger partial charge in [-0.15, -0.1) is 0 Å². The highest BCUT2D eigenvalue weighted by molar-refractivity contribution is 5.39. The van der Waals surface area contributed by atoms with Crippen LogP contribution in [0.25, 0.3) is 0 Å². The van der Waals surface area contributed by atoms with Crippen molar-refractivity contribution in [3.8, 4) is 0 Å². The van der Waals surface area contributed by atoms with Crippen LogP contribution in [0.5, 0.6) is 0 Å². The molecule has 9 aliphatic carbocycles. The average molecular weight is 501 g/mol. The number of rotatable bonds is 5. The van der Waals surface area contributed by atoms with Crippen LogP contribution < -0.4 is 0 Å². The summed E-state index contributed by atoms with van der Waals surface area (Å²) >= 11 is 0. The van der Waals surface area contributed by atoms with Crippen LogP contribution in [0.4, 0.5) is 0 Å². The van der Waals surface area contributed by atoms with Crippen molar-refractivity contribution in [3.63, 3.8) is 0 Å². The van der Waals surface area contributed by atoms with Crippen molar-refractivity contribution in [2.45, 2.75) is 131 Å². The van der Waals surface area contributed by atoms with Gasteiger partial charge in [-0.05, 0) is 110 Å². The molecule has 0 aromatic carbocycles. The van der Waals surface area contributed by atoms with Crippen LogP contribution in [0.3, 0.4) is 0 Å². The van der Waals surface area contributed by atoms with Crippen molar-refractivity contribution in [2.75, 3.05) is 6.61 Å². The molecule has 0 aliphatic heterocycles. The molecule has 10 atom stereocenters. The molecule has 206 valence electrons. The Hall–Kier alpha value is -0.120. The number of aliphatic hydroxyl groups is 3. The fraction of sp³-hybridized carbons (Fsp3) is 1.00. The second kappa shape index (κ2) is 6.95. The minimum Gasteiger partial charge on any atom is -0.393 e. The highest BCUT2D eigenvalue weighted by atomic mass is 16.4.